The highest BCUT2D eigenvalue weighted by Crippen LogP contribution is 2.37. The van der Waals surface area contributed by atoms with Crippen LogP contribution in [0.15, 0.2) is 176 Å². The normalized spacial score (nSPS) is 11.1. The van der Waals surface area contributed by atoms with Gasteiger partial charge >= 0.3 is 53.7 Å². The van der Waals surface area contributed by atoms with E-state index in [1.807, 2.05) is 134 Å². The molecule has 0 radical (unpaired) electrons. The van der Waals surface area contributed by atoms with E-state index in [0.717, 1.165) is 89.0 Å². The summed E-state index contributed by atoms with van der Waals surface area (Å²) in [7, 11) is 12.3. The van der Waals surface area contributed by atoms with Crippen LogP contribution in [-0.4, -0.2) is 163 Å². The summed E-state index contributed by atoms with van der Waals surface area (Å²) in [5.41, 5.74) is 14.5. The molecule has 130 heavy (non-hydrogen) atoms. The predicted octanol–water partition coefficient (Wildman–Crippen LogP) is 16.6. The van der Waals surface area contributed by atoms with E-state index in [9.17, 15) is 47.9 Å². The zero-order chi connectivity index (χ0) is 93.1. The molecule has 0 heterocycles. The van der Waals surface area contributed by atoms with E-state index < -0.39 is 23.6 Å². The molecule has 0 aromatic heterocycles. The highest BCUT2D eigenvalue weighted by atomic mass is 16.6. The number of ether oxygens (including phenoxy) is 16. The molecule has 0 aliphatic carbocycles. The van der Waals surface area contributed by atoms with Crippen molar-refractivity contribution in [2.45, 2.75) is 155 Å². The first kappa shape index (κ1) is 100. The maximum atomic E-state index is 13.6. The van der Waals surface area contributed by atoms with Gasteiger partial charge in [-0.15, -0.1) is 0 Å². The lowest BCUT2D eigenvalue weighted by Crippen LogP contribution is -2.29. The fourth-order valence-corrected chi connectivity index (χ4v) is 14.6. The molecule has 690 valence electrons. The molecule has 0 aliphatic heterocycles. The lowest BCUT2D eigenvalue weighted by molar-refractivity contribution is -0.143. The summed E-state index contributed by atoms with van der Waals surface area (Å²) < 4.78 is 90.5. The summed E-state index contributed by atoms with van der Waals surface area (Å²) in [6.07, 6.45) is 6.57. The van der Waals surface area contributed by atoms with E-state index in [2.05, 4.69) is 6.07 Å². The second-order valence-electron chi connectivity index (χ2n) is 31.2. The van der Waals surface area contributed by atoms with Gasteiger partial charge in [-0.25, -0.2) is 0 Å². The monoisotopic (exact) mass is 1780 g/mol. The molecule has 26 heteroatoms. The van der Waals surface area contributed by atoms with E-state index in [1.54, 1.807) is 49.6 Å². The number of carbonyl (C=O) groups is 10. The standard InChI is InChI=1S/C104H118O26/c1-69-54-88(115-2)85(67-78(69)42-46-101(111)122-9)68-84-41-33-76(66-94(84)129-53-19-27-100(110)121-8)60-83-40-32-75(65-93(83)128-52-18-26-99(109)120-7)59-82-39-31-74(64-92(82)127-51-17-25-98(108)119-6)58-81-38-30-73(63-91(81)126-50-16-24-97(107)118-5)57-80-37-29-72(62-90(80)125-49-15-23-96(106)117-4)56-79-36-28-71(61-89(79)124-48-14-22-95(105)116-3)55-70-34-43-86(44-35-70)130-104(114)87(45-47-102(112)123-10)103(113)77-20-12-11-13-21-77/h11-13,20-21,28-41,43-44,54,61-67,87H,14-19,22-27,42,45-53,55-60,68H2,1-10H3. The van der Waals surface area contributed by atoms with Gasteiger partial charge in [0.15, 0.2) is 5.78 Å². The SMILES string of the molecule is COC(=O)CCCOc1cc(Cc2ccc(OC(=O)C(CCC(=O)OC)C(=O)c3ccccc3)cc2)ccc1Cc1ccc(Cc2ccc(Cc3ccc(Cc4ccc(Cc5ccc(Cc6cc(CCC(=O)OC)c(C)cc6OC)c(OCCCC(=O)OC)c5)c(OCCCC(=O)OC)c4)c(OCCCC(=O)OC)c3)c(OCCCC(=O)OC)c2)c(OCCCC(=O)OC)c1. The van der Waals surface area contributed by atoms with Gasteiger partial charge in [0.25, 0.3) is 0 Å². The first-order chi connectivity index (χ1) is 63.0. The van der Waals surface area contributed by atoms with Gasteiger partial charge in [-0.2, -0.15) is 0 Å². The fourth-order valence-electron chi connectivity index (χ4n) is 14.6. The molecule has 9 aromatic rings. The maximum Gasteiger partial charge on any atom is 0.322 e. The molecule has 1 atom stereocenters. The van der Waals surface area contributed by atoms with Gasteiger partial charge in [0.1, 0.15) is 51.9 Å². The van der Waals surface area contributed by atoms with E-state index in [4.69, 9.17) is 75.8 Å². The summed E-state index contributed by atoms with van der Waals surface area (Å²) in [5, 5.41) is 0. The molecule has 0 N–H and O–H groups in total. The quantitative estimate of drug-likeness (QED) is 0.00853. The fraction of sp³-hybridized carbons (Fsp3) is 0.385. The molecule has 1 unspecified atom stereocenters. The lowest BCUT2D eigenvalue weighted by Gasteiger charge is -2.18. The molecule has 9 rings (SSSR count). The van der Waals surface area contributed by atoms with Crippen LogP contribution < -0.4 is 37.9 Å². The number of hydrogen-bond acceptors (Lipinski definition) is 26. The van der Waals surface area contributed by atoms with Gasteiger partial charge in [-0.1, -0.05) is 121 Å². The molecular weight excluding hydrogens is 1670 g/mol. The Labute approximate surface area is 760 Å². The minimum Gasteiger partial charge on any atom is -0.496 e. The van der Waals surface area contributed by atoms with Crippen molar-refractivity contribution in [2.75, 3.05) is 104 Å². The Kier molecular flexibility index (Phi) is 41.1. The molecule has 9 aromatic carbocycles. The maximum absolute atomic E-state index is 13.6. The third-order valence-corrected chi connectivity index (χ3v) is 21.8. The highest BCUT2D eigenvalue weighted by Gasteiger charge is 2.31. The van der Waals surface area contributed by atoms with Gasteiger partial charge < -0.3 is 75.8 Å². The second-order valence-corrected chi connectivity index (χ2v) is 31.2. The molecular formula is C104H118O26. The smallest absolute Gasteiger partial charge is 0.322 e. The van der Waals surface area contributed by atoms with Crippen molar-refractivity contribution < 1.29 is 124 Å². The van der Waals surface area contributed by atoms with Crippen LogP contribution in [0.3, 0.4) is 0 Å². The predicted molar refractivity (Wildman–Crippen MR) is 484 cm³/mol. The van der Waals surface area contributed by atoms with Crippen molar-refractivity contribution in [3.63, 3.8) is 0 Å². The third kappa shape index (κ3) is 32.7. The Morgan fingerprint density at radius 3 is 0.854 bits per heavy atom. The van der Waals surface area contributed by atoms with E-state index >= 15 is 0 Å². The molecule has 0 saturated heterocycles. The summed E-state index contributed by atoms with van der Waals surface area (Å²) in [6, 6.07) is 55.6. The number of rotatable bonds is 55. The summed E-state index contributed by atoms with van der Waals surface area (Å²) >= 11 is 0. The number of hydrogen-bond donors (Lipinski definition) is 0. The third-order valence-electron chi connectivity index (χ3n) is 21.8. The first-order valence-corrected chi connectivity index (χ1v) is 43.6. The Morgan fingerprint density at radius 2 is 0.546 bits per heavy atom. The van der Waals surface area contributed by atoms with Gasteiger partial charge in [0.05, 0.1) is 104 Å². The lowest BCUT2D eigenvalue weighted by atomic mass is 9.93. The van der Waals surface area contributed by atoms with Crippen LogP contribution >= 0.6 is 0 Å². The molecule has 0 aliphatic rings. The van der Waals surface area contributed by atoms with Crippen LogP contribution in [0, 0.1) is 12.8 Å². The number of aryl methyl sites for hydroxylation is 2. The summed E-state index contributed by atoms with van der Waals surface area (Å²) in [5.74, 6) is -1.07. The van der Waals surface area contributed by atoms with Gasteiger partial charge in [0, 0.05) is 95.5 Å². The summed E-state index contributed by atoms with van der Waals surface area (Å²) in [6.45, 7) is 3.24. The number of ketones is 1. The number of esters is 9. The van der Waals surface area contributed by atoms with Gasteiger partial charge in [-0.05, 0) is 208 Å². The van der Waals surface area contributed by atoms with Crippen molar-refractivity contribution >= 4 is 59.5 Å². The average Bonchev–Trinajstić information content (AvgIpc) is 0.823. The van der Waals surface area contributed by atoms with E-state index in [1.165, 1.54) is 56.9 Å². The molecule has 0 spiro atoms. The Balaban J connectivity index is 0.987. The van der Waals surface area contributed by atoms with Crippen LogP contribution in [0.25, 0.3) is 0 Å². The van der Waals surface area contributed by atoms with Crippen LogP contribution in [0.5, 0.6) is 46.0 Å². The molecule has 26 nitrogen and oxygen atoms in total. The number of benzene rings is 9. The Hall–Kier alpha value is -13.5. The summed E-state index contributed by atoms with van der Waals surface area (Å²) in [4.78, 5) is 125. The number of carbonyl (C=O) groups excluding carboxylic acids is 10. The van der Waals surface area contributed by atoms with Crippen LogP contribution in [-0.2, 0) is 132 Å². The van der Waals surface area contributed by atoms with Crippen LogP contribution in [0.4, 0.5) is 0 Å². The van der Waals surface area contributed by atoms with Crippen LogP contribution in [0.2, 0.25) is 0 Å². The first-order valence-electron chi connectivity index (χ1n) is 43.6. The average molecular weight is 1780 g/mol. The molecule has 0 amide bonds. The Bertz CT molecular complexity index is 5280. The topological polar surface area (TPSA) is 318 Å². The molecule has 0 saturated carbocycles. The molecule has 0 bridgehead atoms. The van der Waals surface area contributed by atoms with Crippen LogP contribution in [0.1, 0.15) is 196 Å². The van der Waals surface area contributed by atoms with Crippen molar-refractivity contribution in [2.24, 2.45) is 5.92 Å². The second kappa shape index (κ2) is 53.3. The zero-order valence-corrected chi connectivity index (χ0v) is 75.9. The Morgan fingerprint density at radius 1 is 0.262 bits per heavy atom. The van der Waals surface area contributed by atoms with Crippen molar-refractivity contribution in [3.8, 4) is 46.0 Å². The van der Waals surface area contributed by atoms with E-state index in [0.29, 0.717) is 136 Å². The van der Waals surface area contributed by atoms with Gasteiger partial charge in [-0.3, -0.25) is 47.9 Å². The van der Waals surface area contributed by atoms with E-state index in [-0.39, 0.29) is 145 Å². The highest BCUT2D eigenvalue weighted by molar-refractivity contribution is 6.09. The zero-order valence-electron chi connectivity index (χ0n) is 75.9. The van der Waals surface area contributed by atoms with Crippen molar-refractivity contribution in [1.82, 2.24) is 0 Å². The van der Waals surface area contributed by atoms with Crippen molar-refractivity contribution in [1.29, 1.82) is 0 Å². The van der Waals surface area contributed by atoms with Crippen molar-refractivity contribution in [3.05, 3.63) is 271 Å². The minimum absolute atomic E-state index is 0.0973. The largest absolute Gasteiger partial charge is 0.496 e. The molecule has 0 fully saturated rings. The number of Topliss-reactive ketones (excluding diaryl/α,β-unsaturated/α-hetero) is 1. The minimum atomic E-state index is -1.25. The number of methoxy groups -OCH3 is 9. The van der Waals surface area contributed by atoms with Gasteiger partial charge in [0.2, 0.25) is 0 Å².